The van der Waals surface area contributed by atoms with Gasteiger partial charge in [0.25, 0.3) is 11.8 Å². The quantitative estimate of drug-likeness (QED) is 0.755. The summed E-state index contributed by atoms with van der Waals surface area (Å²) in [6, 6.07) is 5.90. The Kier molecular flexibility index (Phi) is 4.43. The number of hydrogen-bond donors (Lipinski definition) is 0. The molecule has 2 aliphatic rings. The van der Waals surface area contributed by atoms with Gasteiger partial charge in [-0.05, 0) is 52.2 Å². The third-order valence-electron chi connectivity index (χ3n) is 4.68. The van der Waals surface area contributed by atoms with Crippen LogP contribution in [-0.4, -0.2) is 46.1 Å². The van der Waals surface area contributed by atoms with Crippen LogP contribution in [0.5, 0.6) is 0 Å². The van der Waals surface area contributed by atoms with E-state index >= 15 is 0 Å². The van der Waals surface area contributed by atoms with Gasteiger partial charge in [0.1, 0.15) is 0 Å². The highest BCUT2D eigenvalue weighted by Gasteiger charge is 2.36. The molecule has 1 fully saturated rings. The monoisotopic (exact) mass is 328 g/mol. The Bertz CT molecular complexity index is 690. The van der Waals surface area contributed by atoms with Crippen LogP contribution in [0.4, 0.5) is 0 Å². The largest absolute Gasteiger partial charge is 0.337 e. The van der Waals surface area contributed by atoms with Gasteiger partial charge in [-0.15, -0.1) is 0 Å². The van der Waals surface area contributed by atoms with E-state index in [0.29, 0.717) is 36.6 Å². The van der Waals surface area contributed by atoms with Crippen LogP contribution in [0.15, 0.2) is 18.2 Å². The van der Waals surface area contributed by atoms with E-state index in [4.69, 9.17) is 0 Å². The minimum absolute atomic E-state index is 0.125. The van der Waals surface area contributed by atoms with Crippen molar-refractivity contribution in [2.75, 3.05) is 6.54 Å². The zero-order valence-electron chi connectivity index (χ0n) is 14.5. The lowest BCUT2D eigenvalue weighted by Gasteiger charge is -2.27. The molecular weight excluding hydrogens is 304 g/mol. The number of benzene rings is 1. The summed E-state index contributed by atoms with van der Waals surface area (Å²) in [4.78, 5) is 40.4. The molecule has 3 amide bonds. The first kappa shape index (κ1) is 16.7. The predicted molar refractivity (Wildman–Crippen MR) is 90.8 cm³/mol. The van der Waals surface area contributed by atoms with E-state index in [2.05, 4.69) is 0 Å². The maximum Gasteiger partial charge on any atom is 0.261 e. The Morgan fingerprint density at radius 3 is 2.50 bits per heavy atom. The van der Waals surface area contributed by atoms with Crippen LogP contribution >= 0.6 is 0 Å². The SMILES string of the molecule is Cc1ccc2c(c1)C(=O)N(CCCC(=O)N(C(C)C)C1CC1)C2=O. The minimum atomic E-state index is -0.245. The lowest BCUT2D eigenvalue weighted by molar-refractivity contribution is -0.133. The first-order valence-electron chi connectivity index (χ1n) is 8.68. The van der Waals surface area contributed by atoms with Crippen LogP contribution in [0.3, 0.4) is 0 Å². The van der Waals surface area contributed by atoms with Crippen molar-refractivity contribution >= 4 is 17.7 Å². The van der Waals surface area contributed by atoms with Gasteiger partial charge in [0.2, 0.25) is 5.91 Å². The van der Waals surface area contributed by atoms with Gasteiger partial charge < -0.3 is 4.90 Å². The van der Waals surface area contributed by atoms with Crippen molar-refractivity contribution in [3.8, 4) is 0 Å². The molecule has 1 aromatic carbocycles. The van der Waals surface area contributed by atoms with Crippen LogP contribution in [0.25, 0.3) is 0 Å². The van der Waals surface area contributed by atoms with E-state index < -0.39 is 0 Å². The van der Waals surface area contributed by atoms with E-state index in [1.807, 2.05) is 31.7 Å². The Morgan fingerprint density at radius 2 is 1.88 bits per heavy atom. The van der Waals surface area contributed by atoms with E-state index in [1.54, 1.807) is 12.1 Å². The minimum Gasteiger partial charge on any atom is -0.337 e. The van der Waals surface area contributed by atoms with Crippen molar-refractivity contribution < 1.29 is 14.4 Å². The van der Waals surface area contributed by atoms with Gasteiger partial charge in [0.05, 0.1) is 11.1 Å². The topological polar surface area (TPSA) is 57.7 Å². The highest BCUT2D eigenvalue weighted by atomic mass is 16.2. The van der Waals surface area contributed by atoms with Gasteiger partial charge in [-0.1, -0.05) is 11.6 Å². The van der Waals surface area contributed by atoms with Crippen molar-refractivity contribution in [3.05, 3.63) is 34.9 Å². The molecule has 1 aromatic rings. The molecule has 0 spiro atoms. The Morgan fingerprint density at radius 1 is 1.21 bits per heavy atom. The third-order valence-corrected chi connectivity index (χ3v) is 4.68. The molecule has 0 unspecified atom stereocenters. The molecule has 3 rings (SSSR count). The lowest BCUT2D eigenvalue weighted by Crippen LogP contribution is -2.39. The number of amides is 3. The van der Waals surface area contributed by atoms with Crippen molar-refractivity contribution in [2.24, 2.45) is 0 Å². The lowest BCUT2D eigenvalue weighted by atomic mass is 10.1. The van der Waals surface area contributed by atoms with Gasteiger partial charge >= 0.3 is 0 Å². The molecule has 128 valence electrons. The number of aryl methyl sites for hydroxylation is 1. The predicted octanol–water partition coefficient (Wildman–Crippen LogP) is 2.77. The van der Waals surface area contributed by atoms with Crippen molar-refractivity contribution in [1.29, 1.82) is 0 Å². The number of fused-ring (bicyclic) bond motifs is 1. The molecule has 1 aliphatic carbocycles. The molecule has 0 saturated heterocycles. The van der Waals surface area contributed by atoms with Gasteiger partial charge in [-0.25, -0.2) is 0 Å². The fourth-order valence-corrected chi connectivity index (χ4v) is 3.39. The van der Waals surface area contributed by atoms with Crippen LogP contribution in [0.1, 0.15) is 65.8 Å². The molecular formula is C19H24N2O3. The summed E-state index contributed by atoms with van der Waals surface area (Å²) in [6.45, 7) is 6.26. The van der Waals surface area contributed by atoms with E-state index in [0.717, 1.165) is 18.4 Å². The molecule has 0 bridgehead atoms. The number of imide groups is 1. The summed E-state index contributed by atoms with van der Waals surface area (Å²) in [7, 11) is 0. The zero-order chi connectivity index (χ0) is 17.4. The maximum absolute atomic E-state index is 12.4. The molecule has 24 heavy (non-hydrogen) atoms. The second kappa shape index (κ2) is 6.38. The fourth-order valence-electron chi connectivity index (χ4n) is 3.39. The van der Waals surface area contributed by atoms with Gasteiger partial charge in [0.15, 0.2) is 0 Å². The van der Waals surface area contributed by atoms with E-state index in [-0.39, 0.29) is 23.8 Å². The summed E-state index contributed by atoms with van der Waals surface area (Å²) >= 11 is 0. The van der Waals surface area contributed by atoms with Crippen LogP contribution in [0.2, 0.25) is 0 Å². The van der Waals surface area contributed by atoms with Crippen molar-refractivity contribution in [2.45, 2.75) is 58.5 Å². The zero-order valence-corrected chi connectivity index (χ0v) is 14.5. The Hall–Kier alpha value is -2.17. The summed E-state index contributed by atoms with van der Waals surface area (Å²) in [5, 5.41) is 0. The summed E-state index contributed by atoms with van der Waals surface area (Å²) in [5.41, 5.74) is 1.91. The Balaban J connectivity index is 1.59. The van der Waals surface area contributed by atoms with Crippen molar-refractivity contribution in [3.63, 3.8) is 0 Å². The molecule has 5 heteroatoms. The molecule has 5 nitrogen and oxygen atoms in total. The first-order valence-corrected chi connectivity index (χ1v) is 8.68. The number of hydrogen-bond acceptors (Lipinski definition) is 3. The molecule has 0 N–H and O–H groups in total. The maximum atomic E-state index is 12.4. The normalized spacial score (nSPS) is 16.8. The highest BCUT2D eigenvalue weighted by Crippen LogP contribution is 2.29. The standard InChI is InChI=1S/C19H24N2O3/c1-12(2)21(14-7-8-14)17(22)5-4-10-20-18(23)15-9-6-13(3)11-16(15)19(20)24/h6,9,11-12,14H,4-5,7-8,10H2,1-3H3. The van der Waals surface area contributed by atoms with E-state index in [9.17, 15) is 14.4 Å². The average Bonchev–Trinajstić information content (AvgIpc) is 3.31. The Labute approximate surface area is 142 Å². The molecule has 1 saturated carbocycles. The second-order valence-electron chi connectivity index (χ2n) is 7.04. The molecule has 0 atom stereocenters. The number of carbonyl (C=O) groups excluding carboxylic acids is 3. The van der Waals surface area contributed by atoms with Crippen molar-refractivity contribution in [1.82, 2.24) is 9.80 Å². The molecule has 0 aromatic heterocycles. The number of carbonyl (C=O) groups is 3. The number of rotatable bonds is 6. The third kappa shape index (κ3) is 3.07. The van der Waals surface area contributed by atoms with Crippen LogP contribution in [-0.2, 0) is 4.79 Å². The molecule has 1 aliphatic heterocycles. The average molecular weight is 328 g/mol. The van der Waals surface area contributed by atoms with Crippen LogP contribution < -0.4 is 0 Å². The summed E-state index contributed by atoms with van der Waals surface area (Å²) in [6.07, 6.45) is 3.06. The smallest absolute Gasteiger partial charge is 0.261 e. The molecule has 0 radical (unpaired) electrons. The fraction of sp³-hybridized carbons (Fsp3) is 0.526. The first-order chi connectivity index (χ1) is 11.4. The summed E-state index contributed by atoms with van der Waals surface area (Å²) < 4.78 is 0. The van der Waals surface area contributed by atoms with Gasteiger partial charge in [0, 0.05) is 25.0 Å². The highest BCUT2D eigenvalue weighted by molar-refractivity contribution is 6.21. The van der Waals surface area contributed by atoms with Crippen LogP contribution in [0, 0.1) is 6.92 Å². The molecule has 1 heterocycles. The summed E-state index contributed by atoms with van der Waals surface area (Å²) in [5.74, 6) is -0.362. The van der Waals surface area contributed by atoms with Gasteiger partial charge in [-0.3, -0.25) is 19.3 Å². The second-order valence-corrected chi connectivity index (χ2v) is 7.04. The van der Waals surface area contributed by atoms with Gasteiger partial charge in [-0.2, -0.15) is 0 Å². The number of nitrogens with zero attached hydrogens (tertiary/aromatic N) is 2. The van der Waals surface area contributed by atoms with E-state index in [1.165, 1.54) is 4.90 Å².